The van der Waals surface area contributed by atoms with Gasteiger partial charge in [0.1, 0.15) is 11.6 Å². The lowest BCUT2D eigenvalue weighted by molar-refractivity contribution is 0.475. The van der Waals surface area contributed by atoms with Crippen LogP contribution < -0.4 is 0 Å². The minimum Gasteiger partial charge on any atom is -0.507 e. The summed E-state index contributed by atoms with van der Waals surface area (Å²) in [7, 11) is 0. The van der Waals surface area contributed by atoms with Gasteiger partial charge in [-0.05, 0) is 60.2 Å². The minimum atomic E-state index is -0.414. The van der Waals surface area contributed by atoms with Gasteiger partial charge in [0.15, 0.2) is 0 Å². The minimum absolute atomic E-state index is 0.00195. The van der Waals surface area contributed by atoms with Gasteiger partial charge < -0.3 is 5.11 Å². The summed E-state index contributed by atoms with van der Waals surface area (Å²) in [6.07, 6.45) is 0. The van der Waals surface area contributed by atoms with Crippen molar-refractivity contribution in [3.8, 4) is 17.0 Å². The van der Waals surface area contributed by atoms with Gasteiger partial charge >= 0.3 is 0 Å². The molecule has 0 saturated carbocycles. The monoisotopic (exact) mass is 390 g/mol. The molecule has 150 valence electrons. The molecule has 3 aromatic rings. The van der Waals surface area contributed by atoms with E-state index in [0.717, 1.165) is 11.4 Å². The molecule has 0 aliphatic heterocycles. The Morgan fingerprint density at radius 3 is 2.17 bits per heavy atom. The zero-order chi connectivity index (χ0) is 21.1. The van der Waals surface area contributed by atoms with Crippen LogP contribution in [-0.2, 0) is 0 Å². The molecular formula is C25H27FN2O. The SMILES string of the molecule is CC(=Nc1c(C(C)C)cccc1C(C)C)c1cccc(-c2cc(F)ccc2O)n1. The maximum atomic E-state index is 13.7. The Hall–Kier alpha value is -3.01. The Labute approximate surface area is 172 Å². The van der Waals surface area contributed by atoms with Crippen molar-refractivity contribution < 1.29 is 9.50 Å². The smallest absolute Gasteiger partial charge is 0.125 e. The predicted molar refractivity (Wildman–Crippen MR) is 118 cm³/mol. The zero-order valence-corrected chi connectivity index (χ0v) is 17.6. The maximum Gasteiger partial charge on any atom is 0.125 e. The molecule has 0 fully saturated rings. The normalized spacial score (nSPS) is 12.1. The Balaban J connectivity index is 2.10. The summed E-state index contributed by atoms with van der Waals surface area (Å²) in [6.45, 7) is 10.6. The number of aliphatic imine (C=N–C) groups is 1. The number of nitrogens with zero attached hydrogens (tertiary/aromatic N) is 2. The molecule has 0 unspecified atom stereocenters. The van der Waals surface area contributed by atoms with Crippen LogP contribution in [0.25, 0.3) is 11.3 Å². The summed E-state index contributed by atoms with van der Waals surface area (Å²) in [5, 5.41) is 10.1. The van der Waals surface area contributed by atoms with Crippen molar-refractivity contribution in [1.82, 2.24) is 4.98 Å². The molecular weight excluding hydrogens is 363 g/mol. The van der Waals surface area contributed by atoms with Crippen molar-refractivity contribution in [2.75, 3.05) is 0 Å². The Morgan fingerprint density at radius 1 is 0.931 bits per heavy atom. The molecule has 1 heterocycles. The molecule has 0 atom stereocenters. The zero-order valence-electron chi connectivity index (χ0n) is 17.6. The van der Waals surface area contributed by atoms with Crippen LogP contribution >= 0.6 is 0 Å². The molecule has 0 aliphatic rings. The number of benzene rings is 2. The van der Waals surface area contributed by atoms with Gasteiger partial charge in [-0.1, -0.05) is 52.0 Å². The Morgan fingerprint density at radius 2 is 1.55 bits per heavy atom. The number of aromatic nitrogens is 1. The van der Waals surface area contributed by atoms with Crippen LogP contribution in [0.1, 0.15) is 63.3 Å². The molecule has 1 aromatic heterocycles. The summed E-state index contributed by atoms with van der Waals surface area (Å²) in [6, 6.07) is 15.7. The molecule has 0 saturated heterocycles. The van der Waals surface area contributed by atoms with Crippen molar-refractivity contribution in [3.63, 3.8) is 0 Å². The predicted octanol–water partition coefficient (Wildman–Crippen LogP) is 6.98. The standard InChI is InChI=1S/C25H27FN2O/c1-15(2)19-8-6-9-20(16(3)4)25(19)27-17(5)22-10-7-11-23(28-22)21-14-18(26)12-13-24(21)29/h6-16,29H,1-5H3. The number of hydrogen-bond acceptors (Lipinski definition) is 3. The van der Waals surface area contributed by atoms with Gasteiger partial charge in [0.2, 0.25) is 0 Å². The fourth-order valence-electron chi connectivity index (χ4n) is 3.37. The third-order valence-corrected chi connectivity index (χ3v) is 4.98. The van der Waals surface area contributed by atoms with Gasteiger partial charge in [0, 0.05) is 5.56 Å². The molecule has 0 aliphatic carbocycles. The van der Waals surface area contributed by atoms with E-state index in [2.05, 4.69) is 50.9 Å². The first-order valence-corrected chi connectivity index (χ1v) is 9.92. The first kappa shape index (κ1) is 20.7. The number of pyridine rings is 1. The van der Waals surface area contributed by atoms with Gasteiger partial charge in [0.25, 0.3) is 0 Å². The van der Waals surface area contributed by atoms with E-state index in [0.29, 0.717) is 28.8 Å². The van der Waals surface area contributed by atoms with Crippen LogP contribution in [0.15, 0.2) is 59.6 Å². The van der Waals surface area contributed by atoms with Crippen LogP contribution in [0.3, 0.4) is 0 Å². The van der Waals surface area contributed by atoms with Gasteiger partial charge in [0.05, 0.1) is 22.8 Å². The number of phenolic OH excluding ortho intramolecular Hbond substituents is 1. The van der Waals surface area contributed by atoms with Crippen molar-refractivity contribution in [1.29, 1.82) is 0 Å². The third-order valence-electron chi connectivity index (χ3n) is 4.98. The van der Waals surface area contributed by atoms with Gasteiger partial charge in [-0.2, -0.15) is 0 Å². The molecule has 0 amide bonds. The van der Waals surface area contributed by atoms with Gasteiger partial charge in [-0.3, -0.25) is 4.99 Å². The van der Waals surface area contributed by atoms with Crippen LogP contribution in [0.2, 0.25) is 0 Å². The highest BCUT2D eigenvalue weighted by Crippen LogP contribution is 2.35. The molecule has 4 heteroatoms. The van der Waals surface area contributed by atoms with E-state index < -0.39 is 5.82 Å². The highest BCUT2D eigenvalue weighted by Gasteiger charge is 2.15. The molecule has 0 radical (unpaired) electrons. The van der Waals surface area contributed by atoms with E-state index in [1.54, 1.807) is 6.07 Å². The molecule has 29 heavy (non-hydrogen) atoms. The topological polar surface area (TPSA) is 45.5 Å². The molecule has 3 nitrogen and oxygen atoms in total. The fourth-order valence-corrected chi connectivity index (χ4v) is 3.37. The number of phenols is 1. The van der Waals surface area contributed by atoms with E-state index in [4.69, 9.17) is 4.99 Å². The summed E-state index contributed by atoms with van der Waals surface area (Å²) in [5.74, 6) is 0.285. The second kappa shape index (κ2) is 8.56. The lowest BCUT2D eigenvalue weighted by atomic mass is 9.93. The van der Waals surface area contributed by atoms with Crippen molar-refractivity contribution >= 4 is 11.4 Å². The highest BCUT2D eigenvalue weighted by atomic mass is 19.1. The van der Waals surface area contributed by atoms with E-state index in [9.17, 15) is 9.50 Å². The number of para-hydroxylation sites is 1. The number of aromatic hydroxyl groups is 1. The lowest BCUT2D eigenvalue weighted by Crippen LogP contribution is -2.02. The van der Waals surface area contributed by atoms with Gasteiger partial charge in [-0.25, -0.2) is 9.37 Å². The van der Waals surface area contributed by atoms with E-state index in [1.807, 2.05) is 19.1 Å². The average molecular weight is 391 g/mol. The summed E-state index contributed by atoms with van der Waals surface area (Å²) < 4.78 is 13.7. The first-order valence-electron chi connectivity index (χ1n) is 9.92. The van der Waals surface area contributed by atoms with Crippen LogP contribution in [0.5, 0.6) is 5.75 Å². The molecule has 0 bridgehead atoms. The number of hydrogen-bond donors (Lipinski definition) is 1. The van der Waals surface area contributed by atoms with Crippen LogP contribution in [0.4, 0.5) is 10.1 Å². The molecule has 3 rings (SSSR count). The Kier molecular flexibility index (Phi) is 6.12. The average Bonchev–Trinajstić information content (AvgIpc) is 2.69. The molecule has 0 spiro atoms. The fraction of sp³-hybridized carbons (Fsp3) is 0.280. The summed E-state index contributed by atoms with van der Waals surface area (Å²) >= 11 is 0. The maximum absolute atomic E-state index is 13.7. The van der Waals surface area contributed by atoms with E-state index in [-0.39, 0.29) is 5.75 Å². The number of rotatable bonds is 5. The lowest BCUT2D eigenvalue weighted by Gasteiger charge is -2.17. The quantitative estimate of drug-likeness (QED) is 0.478. The molecule has 1 N–H and O–H groups in total. The van der Waals surface area contributed by atoms with E-state index >= 15 is 0 Å². The second-order valence-corrected chi connectivity index (χ2v) is 7.86. The Bertz CT molecular complexity index is 1030. The first-order chi connectivity index (χ1) is 13.8. The van der Waals surface area contributed by atoms with E-state index in [1.165, 1.54) is 29.3 Å². The van der Waals surface area contributed by atoms with Crippen LogP contribution in [-0.4, -0.2) is 15.8 Å². The van der Waals surface area contributed by atoms with Gasteiger partial charge in [-0.15, -0.1) is 0 Å². The third kappa shape index (κ3) is 4.53. The largest absolute Gasteiger partial charge is 0.507 e. The summed E-state index contributed by atoms with van der Waals surface area (Å²) in [4.78, 5) is 9.60. The van der Waals surface area contributed by atoms with Crippen molar-refractivity contribution in [2.24, 2.45) is 4.99 Å². The highest BCUT2D eigenvalue weighted by molar-refractivity contribution is 5.99. The summed E-state index contributed by atoms with van der Waals surface area (Å²) in [5.41, 5.74) is 5.75. The van der Waals surface area contributed by atoms with Crippen molar-refractivity contribution in [3.05, 3.63) is 77.2 Å². The molecule has 2 aromatic carbocycles. The second-order valence-electron chi connectivity index (χ2n) is 7.86. The van der Waals surface area contributed by atoms with Crippen molar-refractivity contribution in [2.45, 2.75) is 46.5 Å². The number of halogens is 1. The van der Waals surface area contributed by atoms with Crippen LogP contribution in [0, 0.1) is 5.82 Å².